The highest BCUT2D eigenvalue weighted by atomic mass is 35.5. The van der Waals surface area contributed by atoms with E-state index in [1.807, 2.05) is 0 Å². The molecule has 0 spiro atoms. The number of hydrogen-bond donors (Lipinski definition) is 0. The number of hydrogen-bond acceptors (Lipinski definition) is 5. The summed E-state index contributed by atoms with van der Waals surface area (Å²) in [7, 11) is 0. The molecule has 0 aliphatic heterocycles. The van der Waals surface area contributed by atoms with Gasteiger partial charge in [-0.25, -0.2) is 9.67 Å². The standard InChI is InChI=1S/C13H13Cl2FN4O2/c1-13(5-14,6-15)11(21)12(20-8-17-7-18-20)22-10-4-2-3-9(16)19-10/h2-4,7-8,12H,5-6H2,1H3. The molecule has 1 atom stereocenters. The minimum Gasteiger partial charge on any atom is -0.444 e. The van der Waals surface area contributed by atoms with E-state index in [4.69, 9.17) is 27.9 Å². The lowest BCUT2D eigenvalue weighted by Crippen LogP contribution is -2.40. The van der Waals surface area contributed by atoms with Crippen LogP contribution in [0.5, 0.6) is 5.88 Å². The SMILES string of the molecule is CC(CCl)(CCl)C(=O)C(Oc1cccc(F)n1)n1cncn1. The van der Waals surface area contributed by atoms with Crippen molar-refractivity contribution in [2.75, 3.05) is 11.8 Å². The lowest BCUT2D eigenvalue weighted by Gasteiger charge is -2.27. The topological polar surface area (TPSA) is 69.9 Å². The number of ether oxygens (including phenoxy) is 1. The van der Waals surface area contributed by atoms with Gasteiger partial charge in [0.2, 0.25) is 17.6 Å². The van der Waals surface area contributed by atoms with Gasteiger partial charge < -0.3 is 4.74 Å². The van der Waals surface area contributed by atoms with Crippen LogP contribution in [-0.2, 0) is 4.79 Å². The van der Waals surface area contributed by atoms with E-state index in [1.54, 1.807) is 6.92 Å². The Morgan fingerprint density at radius 3 is 2.73 bits per heavy atom. The predicted molar refractivity (Wildman–Crippen MR) is 78.4 cm³/mol. The third-order valence-corrected chi connectivity index (χ3v) is 4.19. The minimum absolute atomic E-state index is 0.000466. The zero-order valence-electron chi connectivity index (χ0n) is 11.6. The summed E-state index contributed by atoms with van der Waals surface area (Å²) in [5, 5.41) is 3.89. The van der Waals surface area contributed by atoms with E-state index in [1.165, 1.54) is 35.5 Å². The Labute approximate surface area is 136 Å². The van der Waals surface area contributed by atoms with Crippen LogP contribution in [0, 0.1) is 11.4 Å². The van der Waals surface area contributed by atoms with Gasteiger partial charge >= 0.3 is 0 Å². The van der Waals surface area contributed by atoms with Crippen molar-refractivity contribution in [1.29, 1.82) is 0 Å². The van der Waals surface area contributed by atoms with Crippen LogP contribution >= 0.6 is 23.2 Å². The molecule has 1 unspecified atom stereocenters. The molecule has 0 saturated carbocycles. The molecular formula is C13H13Cl2FN4O2. The highest BCUT2D eigenvalue weighted by Crippen LogP contribution is 2.29. The van der Waals surface area contributed by atoms with E-state index in [2.05, 4.69) is 15.1 Å². The summed E-state index contributed by atoms with van der Waals surface area (Å²) in [6, 6.07) is 4.02. The Balaban J connectivity index is 2.34. The van der Waals surface area contributed by atoms with Gasteiger partial charge in [0, 0.05) is 17.8 Å². The van der Waals surface area contributed by atoms with Gasteiger partial charge in [-0.2, -0.15) is 14.5 Å². The van der Waals surface area contributed by atoms with Crippen LogP contribution in [0.2, 0.25) is 0 Å². The van der Waals surface area contributed by atoms with Gasteiger partial charge in [0.15, 0.2) is 0 Å². The zero-order valence-corrected chi connectivity index (χ0v) is 13.1. The molecule has 2 rings (SSSR count). The third kappa shape index (κ3) is 3.53. The first-order valence-electron chi connectivity index (χ1n) is 6.30. The van der Waals surface area contributed by atoms with Gasteiger partial charge in [0.1, 0.15) is 12.7 Å². The molecule has 0 aliphatic carbocycles. The molecule has 0 radical (unpaired) electrons. The summed E-state index contributed by atoms with van der Waals surface area (Å²) in [6.07, 6.45) is 1.37. The van der Waals surface area contributed by atoms with E-state index < -0.39 is 23.4 Å². The van der Waals surface area contributed by atoms with Gasteiger partial charge in [0.05, 0.1) is 5.41 Å². The van der Waals surface area contributed by atoms with Crippen LogP contribution in [0.3, 0.4) is 0 Å². The van der Waals surface area contributed by atoms with Crippen molar-refractivity contribution >= 4 is 29.0 Å². The molecule has 0 N–H and O–H groups in total. The second-order valence-electron chi connectivity index (χ2n) is 4.84. The van der Waals surface area contributed by atoms with Crippen LogP contribution in [0.1, 0.15) is 13.2 Å². The fraction of sp³-hybridized carbons (Fsp3) is 0.385. The summed E-state index contributed by atoms with van der Waals surface area (Å²) in [5.74, 6) is -1.19. The van der Waals surface area contributed by atoms with E-state index in [-0.39, 0.29) is 17.6 Å². The molecule has 6 nitrogen and oxygen atoms in total. The average molecular weight is 347 g/mol. The second kappa shape index (κ2) is 7.02. The number of halogens is 3. The highest BCUT2D eigenvalue weighted by Gasteiger charge is 2.39. The fourth-order valence-electron chi connectivity index (χ4n) is 1.60. The first kappa shape index (κ1) is 16.6. The molecule has 2 aromatic heterocycles. The lowest BCUT2D eigenvalue weighted by molar-refractivity contribution is -0.138. The van der Waals surface area contributed by atoms with Crippen LogP contribution in [0.4, 0.5) is 4.39 Å². The number of aromatic nitrogens is 4. The third-order valence-electron chi connectivity index (χ3n) is 3.01. The Morgan fingerprint density at radius 1 is 1.45 bits per heavy atom. The van der Waals surface area contributed by atoms with Gasteiger partial charge in [-0.3, -0.25) is 4.79 Å². The van der Waals surface area contributed by atoms with Gasteiger partial charge in [-0.15, -0.1) is 23.2 Å². The molecule has 0 bridgehead atoms. The average Bonchev–Trinajstić information content (AvgIpc) is 3.05. The number of pyridine rings is 1. The van der Waals surface area contributed by atoms with Gasteiger partial charge in [-0.1, -0.05) is 13.0 Å². The van der Waals surface area contributed by atoms with Crippen molar-refractivity contribution < 1.29 is 13.9 Å². The molecule has 0 amide bonds. The number of ketones is 1. The Bertz CT molecular complexity index is 635. The summed E-state index contributed by atoms with van der Waals surface area (Å²) in [6.45, 7) is 1.61. The first-order valence-corrected chi connectivity index (χ1v) is 7.36. The van der Waals surface area contributed by atoms with Gasteiger partial charge in [0.25, 0.3) is 6.23 Å². The Hall–Kier alpha value is -1.73. The van der Waals surface area contributed by atoms with Crippen LogP contribution in [0.25, 0.3) is 0 Å². The predicted octanol–water partition coefficient (Wildman–Crippen LogP) is 2.44. The molecule has 0 aliphatic rings. The summed E-state index contributed by atoms with van der Waals surface area (Å²) in [5.41, 5.74) is -1.03. The molecular weight excluding hydrogens is 334 g/mol. The van der Waals surface area contributed by atoms with Gasteiger partial charge in [-0.05, 0) is 6.07 Å². The molecule has 0 saturated heterocycles. The molecule has 2 heterocycles. The van der Waals surface area contributed by atoms with E-state index in [0.717, 1.165) is 0 Å². The number of Topliss-reactive ketones (excluding diaryl/α,β-unsaturated/α-hetero) is 1. The van der Waals surface area contributed by atoms with Crippen molar-refractivity contribution in [2.45, 2.75) is 13.2 Å². The van der Waals surface area contributed by atoms with Crippen molar-refractivity contribution in [3.63, 3.8) is 0 Å². The maximum absolute atomic E-state index is 13.2. The van der Waals surface area contributed by atoms with Crippen LogP contribution < -0.4 is 4.74 Å². The molecule has 9 heteroatoms. The fourth-order valence-corrected chi connectivity index (χ4v) is 2.15. The molecule has 0 aromatic carbocycles. The van der Waals surface area contributed by atoms with Crippen LogP contribution in [0.15, 0.2) is 30.9 Å². The molecule has 22 heavy (non-hydrogen) atoms. The zero-order chi connectivity index (χ0) is 16.2. The second-order valence-corrected chi connectivity index (χ2v) is 5.37. The van der Waals surface area contributed by atoms with Crippen molar-refractivity contribution in [1.82, 2.24) is 19.7 Å². The highest BCUT2D eigenvalue weighted by molar-refractivity contribution is 6.24. The van der Waals surface area contributed by atoms with Crippen molar-refractivity contribution in [3.8, 4) is 5.88 Å². The Kier molecular flexibility index (Phi) is 5.31. The molecule has 118 valence electrons. The maximum Gasteiger partial charge on any atom is 0.254 e. The maximum atomic E-state index is 13.2. The summed E-state index contributed by atoms with van der Waals surface area (Å²) < 4.78 is 19.9. The number of carbonyl (C=O) groups excluding carboxylic acids is 1. The molecule has 2 aromatic rings. The minimum atomic E-state index is -1.20. The summed E-state index contributed by atoms with van der Waals surface area (Å²) >= 11 is 11.7. The smallest absolute Gasteiger partial charge is 0.254 e. The lowest BCUT2D eigenvalue weighted by atomic mass is 9.89. The number of carbonyl (C=O) groups is 1. The monoisotopic (exact) mass is 346 g/mol. The first-order chi connectivity index (χ1) is 10.5. The van der Waals surface area contributed by atoms with E-state index in [0.29, 0.717) is 0 Å². The quantitative estimate of drug-likeness (QED) is 0.568. The number of rotatable bonds is 7. The largest absolute Gasteiger partial charge is 0.444 e. The number of nitrogens with zero attached hydrogens (tertiary/aromatic N) is 4. The number of alkyl halides is 2. The van der Waals surface area contributed by atoms with Crippen LogP contribution in [-0.4, -0.2) is 37.3 Å². The normalized spacial score (nSPS) is 12.9. The van der Waals surface area contributed by atoms with Crippen molar-refractivity contribution in [2.24, 2.45) is 5.41 Å². The van der Waals surface area contributed by atoms with E-state index in [9.17, 15) is 9.18 Å². The van der Waals surface area contributed by atoms with E-state index >= 15 is 0 Å². The summed E-state index contributed by atoms with van der Waals surface area (Å²) in [4.78, 5) is 20.1. The molecule has 0 fully saturated rings. The van der Waals surface area contributed by atoms with Crippen molar-refractivity contribution in [3.05, 3.63) is 36.8 Å². The Morgan fingerprint density at radius 2 is 2.18 bits per heavy atom.